The molecular formula is C14H18N4O2. The molecule has 20 heavy (non-hydrogen) atoms. The number of aromatic nitrogens is 2. The van der Waals surface area contributed by atoms with Crippen LogP contribution in [0.2, 0.25) is 0 Å². The first kappa shape index (κ1) is 14.1. The molecule has 1 aromatic carbocycles. The number of nitrogens with zero attached hydrogens (tertiary/aromatic N) is 2. The standard InChI is InChI=1S/C14H18N4O2/c1-9-7-13(18(2)17-9)16-14(20)12(15)8-10-3-5-11(19)6-4-10/h3-7,12,19H,8,15H2,1-2H3,(H,16,20)/t12-/m0/s1. The van der Waals surface area contributed by atoms with E-state index in [2.05, 4.69) is 10.4 Å². The van der Waals surface area contributed by atoms with E-state index in [1.54, 1.807) is 42.1 Å². The molecule has 1 atom stereocenters. The van der Waals surface area contributed by atoms with Crippen LogP contribution in [0.15, 0.2) is 30.3 Å². The maximum Gasteiger partial charge on any atom is 0.242 e. The SMILES string of the molecule is Cc1cc(NC(=O)[C@@H](N)Cc2ccc(O)cc2)n(C)n1. The van der Waals surface area contributed by atoms with Crippen molar-refractivity contribution in [2.45, 2.75) is 19.4 Å². The third-order valence-electron chi connectivity index (χ3n) is 2.98. The first-order valence-corrected chi connectivity index (χ1v) is 6.30. The minimum Gasteiger partial charge on any atom is -0.508 e. The predicted octanol–water partition coefficient (Wildman–Crippen LogP) is 0.943. The Morgan fingerprint density at radius 2 is 2.10 bits per heavy atom. The number of nitrogens with one attached hydrogen (secondary N) is 1. The van der Waals surface area contributed by atoms with Gasteiger partial charge in [0.05, 0.1) is 11.7 Å². The molecule has 4 N–H and O–H groups in total. The maximum atomic E-state index is 12.0. The molecule has 6 heteroatoms. The van der Waals surface area contributed by atoms with Gasteiger partial charge in [-0.05, 0) is 31.0 Å². The summed E-state index contributed by atoms with van der Waals surface area (Å²) in [4.78, 5) is 12.0. The number of phenols is 1. The highest BCUT2D eigenvalue weighted by Crippen LogP contribution is 2.12. The van der Waals surface area contributed by atoms with E-state index in [4.69, 9.17) is 5.73 Å². The summed E-state index contributed by atoms with van der Waals surface area (Å²) in [6.45, 7) is 1.85. The Bertz CT molecular complexity index is 604. The summed E-state index contributed by atoms with van der Waals surface area (Å²) in [5.41, 5.74) is 7.61. The summed E-state index contributed by atoms with van der Waals surface area (Å²) >= 11 is 0. The van der Waals surface area contributed by atoms with Crippen LogP contribution in [0, 0.1) is 6.92 Å². The minimum absolute atomic E-state index is 0.192. The van der Waals surface area contributed by atoms with Gasteiger partial charge in [0.15, 0.2) is 0 Å². The summed E-state index contributed by atoms with van der Waals surface area (Å²) in [6.07, 6.45) is 0.406. The van der Waals surface area contributed by atoms with Crippen molar-refractivity contribution in [3.63, 3.8) is 0 Å². The van der Waals surface area contributed by atoms with E-state index in [0.29, 0.717) is 12.2 Å². The second-order valence-corrected chi connectivity index (χ2v) is 4.76. The molecule has 0 fully saturated rings. The smallest absolute Gasteiger partial charge is 0.242 e. The maximum absolute atomic E-state index is 12.0. The zero-order valence-electron chi connectivity index (χ0n) is 11.5. The molecule has 106 valence electrons. The average molecular weight is 274 g/mol. The van der Waals surface area contributed by atoms with Gasteiger partial charge in [0.1, 0.15) is 11.6 Å². The van der Waals surface area contributed by atoms with Gasteiger partial charge in [-0.25, -0.2) is 0 Å². The van der Waals surface area contributed by atoms with Gasteiger partial charge in [-0.15, -0.1) is 0 Å². The zero-order valence-corrected chi connectivity index (χ0v) is 11.5. The van der Waals surface area contributed by atoms with Gasteiger partial charge in [-0.1, -0.05) is 12.1 Å². The number of hydrogen-bond acceptors (Lipinski definition) is 4. The number of benzene rings is 1. The van der Waals surface area contributed by atoms with E-state index >= 15 is 0 Å². The summed E-state index contributed by atoms with van der Waals surface area (Å²) in [7, 11) is 1.76. The Morgan fingerprint density at radius 1 is 1.45 bits per heavy atom. The molecule has 0 aliphatic heterocycles. The third-order valence-corrected chi connectivity index (χ3v) is 2.98. The van der Waals surface area contributed by atoms with Crippen LogP contribution < -0.4 is 11.1 Å². The van der Waals surface area contributed by atoms with Gasteiger partial charge < -0.3 is 16.2 Å². The van der Waals surface area contributed by atoms with Crippen LogP contribution in [-0.4, -0.2) is 26.8 Å². The number of rotatable bonds is 4. The second-order valence-electron chi connectivity index (χ2n) is 4.76. The lowest BCUT2D eigenvalue weighted by atomic mass is 10.1. The van der Waals surface area contributed by atoms with Gasteiger partial charge in [-0.2, -0.15) is 5.10 Å². The van der Waals surface area contributed by atoms with Gasteiger partial charge >= 0.3 is 0 Å². The number of nitrogens with two attached hydrogens (primary N) is 1. The highest BCUT2D eigenvalue weighted by Gasteiger charge is 2.16. The summed E-state index contributed by atoms with van der Waals surface area (Å²) in [5.74, 6) is 0.548. The molecule has 0 radical (unpaired) electrons. The van der Waals surface area contributed by atoms with Crippen molar-refractivity contribution in [2.75, 3.05) is 5.32 Å². The van der Waals surface area contributed by atoms with Gasteiger partial charge in [-0.3, -0.25) is 9.48 Å². The van der Waals surface area contributed by atoms with Crippen LogP contribution in [0.3, 0.4) is 0 Å². The lowest BCUT2D eigenvalue weighted by molar-refractivity contribution is -0.117. The molecule has 0 aliphatic rings. The van der Waals surface area contributed by atoms with E-state index < -0.39 is 6.04 Å². The number of aromatic hydroxyl groups is 1. The number of anilines is 1. The molecule has 0 saturated carbocycles. The number of phenolic OH excluding ortho intramolecular Hbond substituents is 1. The van der Waals surface area contributed by atoms with Crippen molar-refractivity contribution in [1.82, 2.24) is 9.78 Å². The molecule has 0 unspecified atom stereocenters. The van der Waals surface area contributed by atoms with E-state index in [1.807, 2.05) is 6.92 Å². The van der Waals surface area contributed by atoms with Crippen LogP contribution in [-0.2, 0) is 18.3 Å². The van der Waals surface area contributed by atoms with Crippen LogP contribution >= 0.6 is 0 Å². The zero-order chi connectivity index (χ0) is 14.7. The number of amides is 1. The van der Waals surface area contributed by atoms with Crippen molar-refractivity contribution in [3.05, 3.63) is 41.6 Å². The molecular weight excluding hydrogens is 256 g/mol. The van der Waals surface area contributed by atoms with Crippen molar-refractivity contribution in [2.24, 2.45) is 12.8 Å². The normalized spacial score (nSPS) is 12.2. The first-order valence-electron chi connectivity index (χ1n) is 6.30. The largest absolute Gasteiger partial charge is 0.508 e. The molecule has 1 heterocycles. The van der Waals surface area contributed by atoms with Gasteiger partial charge in [0, 0.05) is 13.1 Å². The molecule has 0 bridgehead atoms. The molecule has 6 nitrogen and oxygen atoms in total. The number of aryl methyl sites for hydroxylation is 2. The lowest BCUT2D eigenvalue weighted by Gasteiger charge is -2.12. The fraction of sp³-hybridized carbons (Fsp3) is 0.286. The van der Waals surface area contributed by atoms with Crippen LogP contribution in [0.25, 0.3) is 0 Å². The molecule has 1 aromatic heterocycles. The fourth-order valence-electron chi connectivity index (χ4n) is 1.93. The molecule has 0 spiro atoms. The summed E-state index contributed by atoms with van der Waals surface area (Å²) in [5, 5.41) is 16.1. The quantitative estimate of drug-likeness (QED) is 0.773. The van der Waals surface area contributed by atoms with Gasteiger partial charge in [0.2, 0.25) is 5.91 Å². The van der Waals surface area contributed by atoms with Crippen LogP contribution in [0.4, 0.5) is 5.82 Å². The summed E-state index contributed by atoms with van der Waals surface area (Å²) in [6, 6.07) is 7.77. The highest BCUT2D eigenvalue weighted by molar-refractivity contribution is 5.94. The van der Waals surface area contributed by atoms with Crippen LogP contribution in [0.1, 0.15) is 11.3 Å². The Labute approximate surface area is 117 Å². The molecule has 0 saturated heterocycles. The van der Waals surface area contributed by atoms with E-state index in [9.17, 15) is 9.90 Å². The Balaban J connectivity index is 1.98. The van der Waals surface area contributed by atoms with E-state index in [1.165, 1.54) is 0 Å². The predicted molar refractivity (Wildman–Crippen MR) is 76.4 cm³/mol. The Kier molecular flexibility index (Phi) is 4.05. The van der Waals surface area contributed by atoms with Crippen molar-refractivity contribution in [3.8, 4) is 5.75 Å². The van der Waals surface area contributed by atoms with Gasteiger partial charge in [0.25, 0.3) is 0 Å². The molecule has 0 aliphatic carbocycles. The molecule has 2 rings (SSSR count). The monoisotopic (exact) mass is 274 g/mol. The molecule has 2 aromatic rings. The fourth-order valence-corrected chi connectivity index (χ4v) is 1.93. The number of hydrogen-bond donors (Lipinski definition) is 3. The molecule has 1 amide bonds. The van der Waals surface area contributed by atoms with E-state index in [-0.39, 0.29) is 11.7 Å². The van der Waals surface area contributed by atoms with Crippen molar-refractivity contribution in [1.29, 1.82) is 0 Å². The van der Waals surface area contributed by atoms with Crippen LogP contribution in [0.5, 0.6) is 5.75 Å². The second kappa shape index (κ2) is 5.75. The number of carbonyl (C=O) groups excluding carboxylic acids is 1. The Morgan fingerprint density at radius 3 is 2.65 bits per heavy atom. The summed E-state index contributed by atoms with van der Waals surface area (Å²) < 4.78 is 1.60. The third kappa shape index (κ3) is 3.36. The topological polar surface area (TPSA) is 93.2 Å². The first-order chi connectivity index (χ1) is 9.45. The van der Waals surface area contributed by atoms with E-state index in [0.717, 1.165) is 11.3 Å². The number of carbonyl (C=O) groups is 1. The van der Waals surface area contributed by atoms with Crippen molar-refractivity contribution >= 4 is 11.7 Å². The average Bonchev–Trinajstić information content (AvgIpc) is 2.70. The Hall–Kier alpha value is -2.34. The highest BCUT2D eigenvalue weighted by atomic mass is 16.3. The minimum atomic E-state index is -0.658. The lowest BCUT2D eigenvalue weighted by Crippen LogP contribution is -2.37. The van der Waals surface area contributed by atoms with Crippen molar-refractivity contribution < 1.29 is 9.90 Å².